The molecule has 0 radical (unpaired) electrons. The minimum Gasteiger partial charge on any atom is -0.396 e. The smallest absolute Gasteiger partial charge is 0.130 e. The molecule has 0 saturated carbocycles. The average molecular weight is 210 g/mol. The van der Waals surface area contributed by atoms with Crippen LogP contribution in [0.5, 0.6) is 0 Å². The molecule has 0 aliphatic rings. The largest absolute Gasteiger partial charge is 0.396 e. The van der Waals surface area contributed by atoms with Gasteiger partial charge in [-0.1, -0.05) is 25.1 Å². The van der Waals surface area contributed by atoms with Crippen LogP contribution in [0.4, 0.5) is 4.39 Å². The van der Waals surface area contributed by atoms with Crippen LogP contribution in [0.2, 0.25) is 0 Å². The van der Waals surface area contributed by atoms with Gasteiger partial charge in [0.1, 0.15) is 5.67 Å². The van der Waals surface area contributed by atoms with Crippen LogP contribution in [-0.4, -0.2) is 11.7 Å². The van der Waals surface area contributed by atoms with E-state index >= 15 is 0 Å². The zero-order valence-corrected chi connectivity index (χ0v) is 9.84. The Labute approximate surface area is 90.9 Å². The summed E-state index contributed by atoms with van der Waals surface area (Å²) in [5.74, 6) is 0.0623. The van der Waals surface area contributed by atoms with E-state index in [0.717, 1.165) is 11.1 Å². The third-order valence-electron chi connectivity index (χ3n) is 2.77. The summed E-state index contributed by atoms with van der Waals surface area (Å²) in [4.78, 5) is 0. The Balaban J connectivity index is 3.17. The molecule has 1 N–H and O–H groups in total. The summed E-state index contributed by atoms with van der Waals surface area (Å²) in [5.41, 5.74) is 1.48. The molecule has 0 heterocycles. The fourth-order valence-corrected chi connectivity index (χ4v) is 1.64. The number of alkyl halides is 1. The lowest BCUT2D eigenvalue weighted by molar-refractivity contribution is 0.221. The van der Waals surface area contributed by atoms with Crippen LogP contribution in [-0.2, 0) is 5.67 Å². The number of halogens is 1. The van der Waals surface area contributed by atoms with Crippen molar-refractivity contribution < 1.29 is 9.50 Å². The zero-order valence-electron chi connectivity index (χ0n) is 9.84. The SMILES string of the molecule is Cc1ccc(C(C)(C)F)cc1C(C)CO. The number of hydrogen-bond donors (Lipinski definition) is 1. The van der Waals surface area contributed by atoms with Gasteiger partial charge in [-0.15, -0.1) is 0 Å². The molecule has 0 spiro atoms. The van der Waals surface area contributed by atoms with Crippen LogP contribution in [0.25, 0.3) is 0 Å². The van der Waals surface area contributed by atoms with Gasteiger partial charge in [0, 0.05) is 12.5 Å². The Hall–Kier alpha value is -0.890. The number of aliphatic hydroxyl groups excluding tert-OH is 1. The maximum Gasteiger partial charge on any atom is 0.130 e. The summed E-state index contributed by atoms with van der Waals surface area (Å²) in [5, 5.41) is 9.11. The molecular formula is C13H19FO. The van der Waals surface area contributed by atoms with Crippen molar-refractivity contribution >= 4 is 0 Å². The Kier molecular flexibility index (Phi) is 3.50. The summed E-state index contributed by atoms with van der Waals surface area (Å²) >= 11 is 0. The van der Waals surface area contributed by atoms with Crippen LogP contribution in [0.1, 0.15) is 43.4 Å². The molecule has 1 aromatic carbocycles. The molecule has 84 valence electrons. The van der Waals surface area contributed by atoms with E-state index in [1.807, 2.05) is 32.0 Å². The van der Waals surface area contributed by atoms with E-state index in [9.17, 15) is 4.39 Å². The standard InChI is InChI=1S/C13H19FO/c1-9-5-6-11(13(3,4)14)7-12(9)10(2)8-15/h5-7,10,15H,8H2,1-4H3. The first-order valence-corrected chi connectivity index (χ1v) is 5.27. The summed E-state index contributed by atoms with van der Waals surface area (Å²) in [6, 6.07) is 5.58. The first-order chi connectivity index (χ1) is 6.86. The highest BCUT2D eigenvalue weighted by atomic mass is 19.1. The van der Waals surface area contributed by atoms with Gasteiger partial charge >= 0.3 is 0 Å². The lowest BCUT2D eigenvalue weighted by Crippen LogP contribution is -2.11. The van der Waals surface area contributed by atoms with Crippen molar-refractivity contribution in [3.8, 4) is 0 Å². The highest BCUT2D eigenvalue weighted by Crippen LogP contribution is 2.29. The molecule has 1 aromatic rings. The van der Waals surface area contributed by atoms with Crippen molar-refractivity contribution in [3.05, 3.63) is 34.9 Å². The predicted molar refractivity (Wildman–Crippen MR) is 60.8 cm³/mol. The third kappa shape index (κ3) is 2.78. The second-order valence-corrected chi connectivity index (χ2v) is 4.63. The molecule has 0 fully saturated rings. The van der Waals surface area contributed by atoms with Crippen LogP contribution in [0, 0.1) is 6.92 Å². The lowest BCUT2D eigenvalue weighted by Gasteiger charge is -2.19. The van der Waals surface area contributed by atoms with Crippen LogP contribution < -0.4 is 0 Å². The molecule has 0 aliphatic carbocycles. The molecule has 1 rings (SSSR count). The molecule has 2 heteroatoms. The first-order valence-electron chi connectivity index (χ1n) is 5.27. The highest BCUT2D eigenvalue weighted by Gasteiger charge is 2.20. The number of aliphatic hydroxyl groups is 1. The van der Waals surface area contributed by atoms with Gasteiger partial charge in [-0.3, -0.25) is 0 Å². The minimum atomic E-state index is -1.32. The van der Waals surface area contributed by atoms with Gasteiger partial charge in [-0.2, -0.15) is 0 Å². The maximum absolute atomic E-state index is 13.7. The summed E-state index contributed by atoms with van der Waals surface area (Å²) in [6.07, 6.45) is 0. The van der Waals surface area contributed by atoms with Gasteiger partial charge in [0.05, 0.1) is 0 Å². The molecule has 1 atom stereocenters. The summed E-state index contributed by atoms with van der Waals surface area (Å²) < 4.78 is 13.7. The second-order valence-electron chi connectivity index (χ2n) is 4.63. The molecule has 15 heavy (non-hydrogen) atoms. The molecule has 0 amide bonds. The number of rotatable bonds is 3. The predicted octanol–water partition coefficient (Wildman–Crippen LogP) is 3.30. The molecule has 1 unspecified atom stereocenters. The monoisotopic (exact) mass is 210 g/mol. The molecule has 0 bridgehead atoms. The zero-order chi connectivity index (χ0) is 11.6. The van der Waals surface area contributed by atoms with Gasteiger partial charge in [0.25, 0.3) is 0 Å². The van der Waals surface area contributed by atoms with Crippen molar-refractivity contribution in [1.82, 2.24) is 0 Å². The van der Waals surface area contributed by atoms with E-state index in [1.54, 1.807) is 13.8 Å². The van der Waals surface area contributed by atoms with Gasteiger partial charge in [0.15, 0.2) is 0 Å². The van der Waals surface area contributed by atoms with Crippen LogP contribution in [0.3, 0.4) is 0 Å². The maximum atomic E-state index is 13.7. The van der Waals surface area contributed by atoms with Crippen molar-refractivity contribution in [2.75, 3.05) is 6.61 Å². The normalized spacial score (nSPS) is 14.0. The quantitative estimate of drug-likeness (QED) is 0.811. The van der Waals surface area contributed by atoms with Crippen LogP contribution >= 0.6 is 0 Å². The summed E-state index contributed by atoms with van der Waals surface area (Å²) in [6.45, 7) is 7.11. The molecule has 0 aliphatic heterocycles. The molecule has 1 nitrogen and oxygen atoms in total. The summed E-state index contributed by atoms with van der Waals surface area (Å²) in [7, 11) is 0. The van der Waals surface area contributed by atoms with E-state index in [0.29, 0.717) is 5.56 Å². The van der Waals surface area contributed by atoms with E-state index in [-0.39, 0.29) is 12.5 Å². The van der Waals surface area contributed by atoms with Crippen molar-refractivity contribution in [2.45, 2.75) is 39.3 Å². The molecule has 0 saturated heterocycles. The number of aryl methyl sites for hydroxylation is 1. The Morgan fingerprint density at radius 2 is 2.00 bits per heavy atom. The van der Waals surface area contributed by atoms with Crippen LogP contribution in [0.15, 0.2) is 18.2 Å². The van der Waals surface area contributed by atoms with Gasteiger partial charge in [-0.25, -0.2) is 4.39 Å². The fraction of sp³-hybridized carbons (Fsp3) is 0.538. The Morgan fingerprint density at radius 1 is 1.40 bits per heavy atom. The van der Waals surface area contributed by atoms with Gasteiger partial charge < -0.3 is 5.11 Å². The molecular weight excluding hydrogens is 191 g/mol. The Morgan fingerprint density at radius 3 is 2.47 bits per heavy atom. The Bertz CT molecular complexity index is 339. The van der Waals surface area contributed by atoms with E-state index < -0.39 is 5.67 Å². The fourth-order valence-electron chi connectivity index (χ4n) is 1.64. The van der Waals surface area contributed by atoms with Crippen molar-refractivity contribution in [2.24, 2.45) is 0 Å². The third-order valence-corrected chi connectivity index (χ3v) is 2.77. The van der Waals surface area contributed by atoms with Crippen molar-refractivity contribution in [3.63, 3.8) is 0 Å². The van der Waals surface area contributed by atoms with Crippen molar-refractivity contribution in [1.29, 1.82) is 0 Å². The highest BCUT2D eigenvalue weighted by molar-refractivity contribution is 5.35. The van der Waals surface area contributed by atoms with E-state index in [2.05, 4.69) is 0 Å². The molecule has 0 aromatic heterocycles. The first kappa shape index (κ1) is 12.2. The number of hydrogen-bond acceptors (Lipinski definition) is 1. The van der Waals surface area contributed by atoms with Gasteiger partial charge in [-0.05, 0) is 37.5 Å². The minimum absolute atomic E-state index is 0.0623. The lowest BCUT2D eigenvalue weighted by atomic mass is 9.90. The van der Waals surface area contributed by atoms with E-state index in [4.69, 9.17) is 5.11 Å². The van der Waals surface area contributed by atoms with E-state index in [1.165, 1.54) is 0 Å². The average Bonchev–Trinajstić information content (AvgIpc) is 2.15. The van der Waals surface area contributed by atoms with Gasteiger partial charge in [0.2, 0.25) is 0 Å². The number of benzene rings is 1. The second kappa shape index (κ2) is 4.31. The topological polar surface area (TPSA) is 20.2 Å².